The van der Waals surface area contributed by atoms with Crippen LogP contribution in [-0.4, -0.2) is 35.0 Å². The molecule has 9 heteroatoms. The monoisotopic (exact) mass is 519 g/mol. The average Bonchev–Trinajstić information content (AvgIpc) is 3.15. The summed E-state index contributed by atoms with van der Waals surface area (Å²) >= 11 is 0. The van der Waals surface area contributed by atoms with Gasteiger partial charge in [-0.2, -0.15) is 0 Å². The quantitative estimate of drug-likeness (QED) is 0.439. The minimum atomic E-state index is -4.74. The van der Waals surface area contributed by atoms with E-state index in [9.17, 15) is 23.4 Å². The number of aliphatic hydroxyl groups is 1. The van der Waals surface area contributed by atoms with Crippen molar-refractivity contribution in [1.29, 1.82) is 0 Å². The lowest BCUT2D eigenvalue weighted by Gasteiger charge is -2.50. The molecule has 0 unspecified atom stereocenters. The van der Waals surface area contributed by atoms with Gasteiger partial charge < -0.3 is 24.5 Å². The lowest BCUT2D eigenvalue weighted by atomic mass is 9.55. The van der Waals surface area contributed by atoms with Crippen molar-refractivity contribution in [3.8, 4) is 17.2 Å². The van der Waals surface area contributed by atoms with Gasteiger partial charge >= 0.3 is 6.36 Å². The van der Waals surface area contributed by atoms with Crippen LogP contribution in [-0.2, 0) is 11.4 Å². The SMILES string of the molecule is CCOc1cc2c(cc1O)/C(=N/OCc1ccc(OC(F)(F)F)cc1)C[C@@H]1[C@@H]2CC[C@]2(C)[C@@H](O)CC[C@@H]12. The van der Waals surface area contributed by atoms with Crippen molar-refractivity contribution in [2.24, 2.45) is 22.4 Å². The molecule has 200 valence electrons. The summed E-state index contributed by atoms with van der Waals surface area (Å²) < 4.78 is 46.8. The first-order valence-corrected chi connectivity index (χ1v) is 12.8. The zero-order valence-corrected chi connectivity index (χ0v) is 20.9. The van der Waals surface area contributed by atoms with E-state index in [0.717, 1.165) is 42.5 Å². The molecule has 37 heavy (non-hydrogen) atoms. The molecule has 2 aromatic carbocycles. The van der Waals surface area contributed by atoms with Crippen molar-refractivity contribution in [3.63, 3.8) is 0 Å². The van der Waals surface area contributed by atoms with Crippen LogP contribution in [0, 0.1) is 17.3 Å². The van der Waals surface area contributed by atoms with Gasteiger partial charge in [0.25, 0.3) is 0 Å². The van der Waals surface area contributed by atoms with Crippen LogP contribution in [0.1, 0.15) is 68.6 Å². The van der Waals surface area contributed by atoms with E-state index in [2.05, 4.69) is 16.8 Å². The highest BCUT2D eigenvalue weighted by Crippen LogP contribution is 2.61. The first-order valence-electron chi connectivity index (χ1n) is 12.8. The Morgan fingerprint density at radius 3 is 2.57 bits per heavy atom. The maximum atomic E-state index is 12.4. The molecule has 2 aromatic rings. The van der Waals surface area contributed by atoms with Crippen LogP contribution >= 0.6 is 0 Å². The summed E-state index contributed by atoms with van der Waals surface area (Å²) in [6.07, 6.45) is -0.733. The fourth-order valence-corrected chi connectivity index (χ4v) is 6.73. The van der Waals surface area contributed by atoms with Crippen molar-refractivity contribution in [1.82, 2.24) is 0 Å². The van der Waals surface area contributed by atoms with Gasteiger partial charge in [0.05, 0.1) is 18.4 Å². The number of fused-ring (bicyclic) bond motifs is 5. The highest BCUT2D eigenvalue weighted by atomic mass is 19.4. The lowest BCUT2D eigenvalue weighted by Crippen LogP contribution is -2.45. The maximum absolute atomic E-state index is 12.4. The first kappa shape index (κ1) is 25.7. The number of nitrogens with zero attached hydrogens (tertiary/aromatic N) is 1. The number of phenolic OH excluding ortho intramolecular Hbond substituents is 1. The Balaban J connectivity index is 1.41. The Morgan fingerprint density at radius 2 is 1.86 bits per heavy atom. The summed E-state index contributed by atoms with van der Waals surface area (Å²) in [5, 5.41) is 25.8. The molecule has 0 aliphatic heterocycles. The summed E-state index contributed by atoms with van der Waals surface area (Å²) in [5.41, 5.74) is 3.16. The summed E-state index contributed by atoms with van der Waals surface area (Å²) in [6.45, 7) is 4.57. The highest BCUT2D eigenvalue weighted by Gasteiger charge is 2.55. The maximum Gasteiger partial charge on any atom is 0.573 e. The molecule has 0 heterocycles. The van der Waals surface area contributed by atoms with Crippen LogP contribution in [0.15, 0.2) is 41.6 Å². The van der Waals surface area contributed by atoms with Crippen LogP contribution in [0.5, 0.6) is 17.2 Å². The molecule has 3 aliphatic carbocycles. The zero-order valence-electron chi connectivity index (χ0n) is 20.9. The molecule has 2 saturated carbocycles. The lowest BCUT2D eigenvalue weighted by molar-refractivity contribution is -0.274. The van der Waals surface area contributed by atoms with E-state index in [0.29, 0.717) is 30.3 Å². The Bertz CT molecular complexity index is 1170. The molecule has 0 aromatic heterocycles. The van der Waals surface area contributed by atoms with Gasteiger partial charge in [0, 0.05) is 5.56 Å². The third kappa shape index (κ3) is 4.98. The van der Waals surface area contributed by atoms with E-state index in [1.165, 1.54) is 24.3 Å². The van der Waals surface area contributed by atoms with Gasteiger partial charge in [-0.3, -0.25) is 0 Å². The molecule has 2 fully saturated rings. The van der Waals surface area contributed by atoms with Crippen molar-refractivity contribution in [2.75, 3.05) is 6.61 Å². The Morgan fingerprint density at radius 1 is 1.11 bits per heavy atom. The predicted octanol–water partition coefficient (Wildman–Crippen LogP) is 6.28. The smallest absolute Gasteiger partial charge is 0.504 e. The van der Waals surface area contributed by atoms with Gasteiger partial charge in [-0.25, -0.2) is 0 Å². The van der Waals surface area contributed by atoms with Crippen molar-refractivity contribution < 1.29 is 37.7 Å². The average molecular weight is 520 g/mol. The molecule has 0 bridgehead atoms. The molecular weight excluding hydrogens is 487 g/mol. The molecule has 0 spiro atoms. The van der Waals surface area contributed by atoms with Crippen molar-refractivity contribution in [3.05, 3.63) is 53.1 Å². The number of ether oxygens (including phenoxy) is 2. The van der Waals surface area contributed by atoms with E-state index in [1.54, 1.807) is 6.07 Å². The van der Waals surface area contributed by atoms with Crippen LogP contribution in [0.4, 0.5) is 13.2 Å². The van der Waals surface area contributed by atoms with Gasteiger partial charge in [-0.1, -0.05) is 24.2 Å². The number of phenols is 1. The molecule has 6 nitrogen and oxygen atoms in total. The van der Waals surface area contributed by atoms with Crippen LogP contribution in [0.25, 0.3) is 0 Å². The fourth-order valence-electron chi connectivity index (χ4n) is 6.73. The van der Waals surface area contributed by atoms with Crippen LogP contribution in [0.3, 0.4) is 0 Å². The molecule has 0 amide bonds. The molecular formula is C28H32F3NO5. The largest absolute Gasteiger partial charge is 0.573 e. The number of aromatic hydroxyl groups is 1. The number of hydrogen-bond donors (Lipinski definition) is 2. The first-order chi connectivity index (χ1) is 17.6. The summed E-state index contributed by atoms with van der Waals surface area (Å²) in [6, 6.07) is 9.09. The molecule has 5 rings (SSSR count). The minimum Gasteiger partial charge on any atom is -0.504 e. The third-order valence-electron chi connectivity index (χ3n) is 8.52. The van der Waals surface area contributed by atoms with Gasteiger partial charge in [0.1, 0.15) is 12.4 Å². The summed E-state index contributed by atoms with van der Waals surface area (Å²) in [5.74, 6) is 1.11. The topological polar surface area (TPSA) is 80.5 Å². The van der Waals surface area contributed by atoms with E-state index < -0.39 is 6.36 Å². The number of hydrogen-bond acceptors (Lipinski definition) is 6. The van der Waals surface area contributed by atoms with E-state index >= 15 is 0 Å². The molecule has 5 atom stereocenters. The number of oxime groups is 1. The van der Waals surface area contributed by atoms with Crippen molar-refractivity contribution >= 4 is 5.71 Å². The molecule has 0 saturated heterocycles. The summed E-state index contributed by atoms with van der Waals surface area (Å²) in [4.78, 5) is 5.67. The number of benzene rings is 2. The number of halogens is 3. The molecule has 0 radical (unpaired) electrons. The second-order valence-corrected chi connectivity index (χ2v) is 10.6. The van der Waals surface area contributed by atoms with E-state index in [-0.39, 0.29) is 41.5 Å². The normalized spacial score (nSPS) is 29.8. The second-order valence-electron chi connectivity index (χ2n) is 10.6. The standard InChI is InChI=1S/C28H32F3NO5/c1-3-35-25-14-19-18-10-11-27(2)22(8-9-26(27)34)20(18)12-23(21(19)13-24(25)33)32-36-15-16-4-6-17(7-5-16)37-28(29,30)31/h4-7,13-14,18,20,22,26,33-34H,3,8-12,15H2,1-2H3/b32-23+/t18-,20-,22+,26+,27+/m1/s1. The Kier molecular flexibility index (Phi) is 6.77. The fraction of sp³-hybridized carbons (Fsp3) is 0.536. The highest BCUT2D eigenvalue weighted by molar-refractivity contribution is 6.03. The van der Waals surface area contributed by atoms with Gasteiger partial charge in [-0.15, -0.1) is 13.2 Å². The number of alkyl halides is 3. The molecule has 3 aliphatic rings. The predicted molar refractivity (Wildman–Crippen MR) is 131 cm³/mol. The Labute approximate surface area is 214 Å². The molecule has 2 N–H and O–H groups in total. The second kappa shape index (κ2) is 9.74. The van der Waals surface area contributed by atoms with Gasteiger partial charge in [0.2, 0.25) is 0 Å². The number of rotatable bonds is 6. The van der Waals surface area contributed by atoms with Crippen LogP contribution < -0.4 is 9.47 Å². The van der Waals surface area contributed by atoms with Crippen LogP contribution in [0.2, 0.25) is 0 Å². The summed E-state index contributed by atoms with van der Waals surface area (Å²) in [7, 11) is 0. The zero-order chi connectivity index (χ0) is 26.4. The van der Waals surface area contributed by atoms with Crippen molar-refractivity contribution in [2.45, 2.75) is 70.9 Å². The Hall–Kier alpha value is -2.94. The minimum absolute atomic E-state index is 0.0453. The van der Waals surface area contributed by atoms with Gasteiger partial charge in [-0.05, 0) is 97.6 Å². The van der Waals surface area contributed by atoms with Gasteiger partial charge in [0.15, 0.2) is 11.5 Å². The number of aliphatic hydroxyl groups excluding tert-OH is 1. The van der Waals surface area contributed by atoms with E-state index in [4.69, 9.17) is 9.57 Å². The third-order valence-corrected chi connectivity index (χ3v) is 8.52. The van der Waals surface area contributed by atoms with E-state index in [1.807, 2.05) is 13.0 Å².